The van der Waals surface area contributed by atoms with E-state index in [1.807, 2.05) is 62.6 Å². The van der Waals surface area contributed by atoms with Crippen molar-refractivity contribution in [3.05, 3.63) is 69.5 Å². The highest BCUT2D eigenvalue weighted by Gasteiger charge is 2.15. The van der Waals surface area contributed by atoms with Crippen LogP contribution >= 0.6 is 11.3 Å². The molecule has 6 nitrogen and oxygen atoms in total. The lowest BCUT2D eigenvalue weighted by atomic mass is 10.1. The summed E-state index contributed by atoms with van der Waals surface area (Å²) in [7, 11) is 1.66. The highest BCUT2D eigenvalue weighted by Crippen LogP contribution is 2.24. The molecule has 3 aromatic rings. The molecule has 1 aromatic carbocycles. The summed E-state index contributed by atoms with van der Waals surface area (Å²) >= 11 is 1.49. The first-order valence-electron chi connectivity index (χ1n) is 9.89. The maximum Gasteiger partial charge on any atom is 0.349 e. The van der Waals surface area contributed by atoms with Crippen LogP contribution in [0.2, 0.25) is 0 Å². The zero-order valence-corrected chi connectivity index (χ0v) is 19.0. The molecule has 3 rings (SSSR count). The Bertz CT molecular complexity index is 1130. The highest BCUT2D eigenvalue weighted by atomic mass is 32.1. The third kappa shape index (κ3) is 5.48. The number of esters is 1. The molecule has 0 amide bonds. The summed E-state index contributed by atoms with van der Waals surface area (Å²) in [6, 6.07) is 12.0. The van der Waals surface area contributed by atoms with E-state index in [0.717, 1.165) is 27.5 Å². The number of benzene rings is 1. The fourth-order valence-corrected chi connectivity index (χ4v) is 4.02. The second kappa shape index (κ2) is 10.2. The van der Waals surface area contributed by atoms with Crippen molar-refractivity contribution in [3.8, 4) is 16.6 Å². The van der Waals surface area contributed by atoms with Crippen molar-refractivity contribution in [1.29, 1.82) is 5.26 Å². The Hall–Kier alpha value is -3.21. The van der Waals surface area contributed by atoms with E-state index in [9.17, 15) is 10.1 Å². The molecule has 31 heavy (non-hydrogen) atoms. The Balaban J connectivity index is 1.68. The second-order valence-electron chi connectivity index (χ2n) is 7.23. The van der Waals surface area contributed by atoms with Gasteiger partial charge in [-0.15, -0.1) is 11.3 Å². The van der Waals surface area contributed by atoms with Crippen molar-refractivity contribution in [2.24, 2.45) is 0 Å². The average molecular weight is 436 g/mol. The third-order valence-corrected chi connectivity index (χ3v) is 5.91. The molecule has 2 aromatic heterocycles. The first kappa shape index (κ1) is 22.5. The van der Waals surface area contributed by atoms with E-state index in [-0.39, 0.29) is 12.2 Å². The smallest absolute Gasteiger partial charge is 0.349 e. The van der Waals surface area contributed by atoms with Gasteiger partial charge in [0.1, 0.15) is 23.3 Å². The summed E-state index contributed by atoms with van der Waals surface area (Å²) in [5.41, 5.74) is 5.65. The summed E-state index contributed by atoms with van der Waals surface area (Å²) in [4.78, 5) is 17.0. The standard InChI is InChI=1S/C24H25N3O3S/c1-16-5-7-19(8-6-16)23-26-22(15-31-23)14-30-24(28)21(13-25)12-20-11-17(2)27(18(20)3)9-10-29-4/h5-8,11-12,15H,9-10,14H2,1-4H3/b21-12+. The van der Waals surface area contributed by atoms with E-state index in [1.165, 1.54) is 16.9 Å². The van der Waals surface area contributed by atoms with Crippen molar-refractivity contribution in [3.63, 3.8) is 0 Å². The van der Waals surface area contributed by atoms with Crippen LogP contribution in [0.4, 0.5) is 0 Å². The lowest BCUT2D eigenvalue weighted by molar-refractivity contribution is -0.139. The zero-order valence-electron chi connectivity index (χ0n) is 18.1. The molecule has 0 unspecified atom stereocenters. The Kier molecular flexibility index (Phi) is 7.40. The number of aryl methyl sites for hydroxylation is 2. The number of rotatable bonds is 8. The maximum atomic E-state index is 12.5. The van der Waals surface area contributed by atoms with E-state index < -0.39 is 5.97 Å². The maximum absolute atomic E-state index is 12.5. The molecule has 0 aliphatic carbocycles. The molecule has 0 N–H and O–H groups in total. The van der Waals surface area contributed by atoms with Crippen molar-refractivity contribution >= 4 is 23.4 Å². The fourth-order valence-electron chi connectivity index (χ4n) is 3.21. The van der Waals surface area contributed by atoms with Gasteiger partial charge < -0.3 is 14.0 Å². The molecule has 0 radical (unpaired) electrons. The minimum Gasteiger partial charge on any atom is -0.455 e. The van der Waals surface area contributed by atoms with Gasteiger partial charge in [-0.25, -0.2) is 9.78 Å². The molecule has 7 heteroatoms. The molecule has 0 aliphatic rings. The van der Waals surface area contributed by atoms with Crippen molar-refractivity contribution in [1.82, 2.24) is 9.55 Å². The quantitative estimate of drug-likeness (QED) is 0.288. The summed E-state index contributed by atoms with van der Waals surface area (Å²) in [5.74, 6) is -0.658. The minimum atomic E-state index is -0.658. The van der Waals surface area contributed by atoms with E-state index in [2.05, 4.69) is 9.55 Å². The number of nitrogens with zero attached hydrogens (tertiary/aromatic N) is 3. The van der Waals surface area contributed by atoms with Crippen LogP contribution in [0.5, 0.6) is 0 Å². The number of ether oxygens (including phenoxy) is 2. The fraction of sp³-hybridized carbons (Fsp3) is 0.292. The molecule has 0 bridgehead atoms. The van der Waals surface area contributed by atoms with Crippen LogP contribution in [0.15, 0.2) is 41.3 Å². The molecule has 0 aliphatic heterocycles. The second-order valence-corrected chi connectivity index (χ2v) is 8.08. The van der Waals surface area contributed by atoms with E-state index in [4.69, 9.17) is 9.47 Å². The number of carbonyl (C=O) groups excluding carboxylic acids is 1. The summed E-state index contributed by atoms with van der Waals surface area (Å²) < 4.78 is 12.6. The first-order valence-corrected chi connectivity index (χ1v) is 10.8. The molecular formula is C24H25N3O3S. The Morgan fingerprint density at radius 1 is 1.26 bits per heavy atom. The number of hydrogen-bond donors (Lipinski definition) is 0. The number of methoxy groups -OCH3 is 1. The van der Waals surface area contributed by atoms with Gasteiger partial charge >= 0.3 is 5.97 Å². The van der Waals surface area contributed by atoms with Crippen LogP contribution in [0.3, 0.4) is 0 Å². The van der Waals surface area contributed by atoms with Gasteiger partial charge in [-0.1, -0.05) is 29.8 Å². The van der Waals surface area contributed by atoms with Gasteiger partial charge in [-0.05, 0) is 38.5 Å². The monoisotopic (exact) mass is 435 g/mol. The SMILES string of the molecule is COCCn1c(C)cc(/C=C(\C#N)C(=O)OCc2csc(-c3ccc(C)cc3)n2)c1C. The molecule has 0 atom stereocenters. The average Bonchev–Trinajstić information content (AvgIpc) is 3.34. The van der Waals surface area contributed by atoms with Crippen LogP contribution in [0, 0.1) is 32.1 Å². The van der Waals surface area contributed by atoms with Crippen LogP contribution < -0.4 is 0 Å². The van der Waals surface area contributed by atoms with Crippen molar-refractivity contribution < 1.29 is 14.3 Å². The topological polar surface area (TPSA) is 77.1 Å². The molecular weight excluding hydrogens is 410 g/mol. The lowest BCUT2D eigenvalue weighted by Gasteiger charge is -2.08. The van der Waals surface area contributed by atoms with E-state index in [1.54, 1.807) is 13.2 Å². The molecule has 0 fully saturated rings. The number of hydrogen-bond acceptors (Lipinski definition) is 6. The van der Waals surface area contributed by atoms with Gasteiger partial charge in [0.2, 0.25) is 0 Å². The van der Waals surface area contributed by atoms with Crippen LogP contribution in [0.1, 0.15) is 28.2 Å². The largest absolute Gasteiger partial charge is 0.455 e. The normalized spacial score (nSPS) is 11.4. The van der Waals surface area contributed by atoms with Gasteiger partial charge in [-0.3, -0.25) is 0 Å². The molecule has 2 heterocycles. The van der Waals surface area contributed by atoms with Crippen molar-refractivity contribution in [2.45, 2.75) is 33.9 Å². The Labute approximate surface area is 186 Å². The zero-order chi connectivity index (χ0) is 22.4. The van der Waals surface area contributed by atoms with Gasteiger partial charge in [-0.2, -0.15) is 5.26 Å². The number of carbonyl (C=O) groups is 1. The predicted molar refractivity (Wildman–Crippen MR) is 121 cm³/mol. The number of thiazole rings is 1. The third-order valence-electron chi connectivity index (χ3n) is 4.97. The van der Waals surface area contributed by atoms with Gasteiger partial charge in [0, 0.05) is 36.0 Å². The number of aromatic nitrogens is 2. The Morgan fingerprint density at radius 2 is 2.00 bits per heavy atom. The lowest BCUT2D eigenvalue weighted by Crippen LogP contribution is -2.08. The molecule has 0 spiro atoms. The van der Waals surface area contributed by atoms with Crippen molar-refractivity contribution in [2.75, 3.05) is 13.7 Å². The summed E-state index contributed by atoms with van der Waals surface area (Å²) in [6.45, 7) is 7.29. The molecule has 160 valence electrons. The van der Waals surface area contributed by atoms with Gasteiger partial charge in [0.25, 0.3) is 0 Å². The highest BCUT2D eigenvalue weighted by molar-refractivity contribution is 7.13. The van der Waals surface area contributed by atoms with Crippen LogP contribution in [-0.4, -0.2) is 29.2 Å². The summed E-state index contributed by atoms with van der Waals surface area (Å²) in [5, 5.41) is 12.2. The summed E-state index contributed by atoms with van der Waals surface area (Å²) in [6.07, 6.45) is 1.58. The minimum absolute atomic E-state index is 0.0209. The Morgan fingerprint density at radius 3 is 2.68 bits per heavy atom. The molecule has 0 saturated heterocycles. The molecule has 0 saturated carbocycles. The van der Waals surface area contributed by atoms with Crippen LogP contribution in [-0.2, 0) is 27.4 Å². The number of nitriles is 1. The van der Waals surface area contributed by atoms with E-state index >= 15 is 0 Å². The first-order chi connectivity index (χ1) is 14.9. The van der Waals surface area contributed by atoms with Gasteiger partial charge in [0.15, 0.2) is 0 Å². The van der Waals surface area contributed by atoms with E-state index in [0.29, 0.717) is 18.8 Å². The predicted octanol–water partition coefficient (Wildman–Crippen LogP) is 4.83. The van der Waals surface area contributed by atoms with Crippen LogP contribution in [0.25, 0.3) is 16.6 Å². The van der Waals surface area contributed by atoms with Gasteiger partial charge in [0.05, 0.1) is 12.3 Å².